The number of pyridine rings is 1. The van der Waals surface area contributed by atoms with E-state index in [2.05, 4.69) is 10.3 Å². The first kappa shape index (κ1) is 31.8. The molecular weight excluding hydrogens is 562 g/mol. The van der Waals surface area contributed by atoms with Crippen LogP contribution in [0.3, 0.4) is 0 Å². The van der Waals surface area contributed by atoms with Gasteiger partial charge in [-0.2, -0.15) is 4.98 Å². The zero-order valence-electron chi connectivity index (χ0n) is 25.2. The van der Waals surface area contributed by atoms with E-state index in [1.807, 2.05) is 20.8 Å². The SMILES string of the molecule is CC(C)(C)OC(=O)NCCC1CCN(C(=O)c2cc(Oc3ccc(C(=N)N)cc3)nc(Oc3ccc(C(=N)N)cc3)c2)CC1. The van der Waals surface area contributed by atoms with Crippen molar-refractivity contribution in [2.24, 2.45) is 17.4 Å². The fourth-order valence-electron chi connectivity index (χ4n) is 4.66. The smallest absolute Gasteiger partial charge is 0.407 e. The van der Waals surface area contributed by atoms with Crippen LogP contribution in [0.25, 0.3) is 0 Å². The number of aromatic nitrogens is 1. The summed E-state index contributed by atoms with van der Waals surface area (Å²) in [6.07, 6.45) is 2.00. The van der Waals surface area contributed by atoms with Crippen LogP contribution in [0, 0.1) is 16.7 Å². The maximum Gasteiger partial charge on any atom is 0.407 e. The van der Waals surface area contributed by atoms with Crippen molar-refractivity contribution in [3.63, 3.8) is 0 Å². The third kappa shape index (κ3) is 9.18. The van der Waals surface area contributed by atoms with Gasteiger partial charge in [0.15, 0.2) is 0 Å². The molecule has 2 aromatic carbocycles. The molecule has 0 unspecified atom stereocenters. The highest BCUT2D eigenvalue weighted by molar-refractivity contribution is 5.96. The number of nitrogens with two attached hydrogens (primary N) is 2. The Morgan fingerprint density at radius 1 is 0.864 bits per heavy atom. The van der Waals surface area contributed by atoms with Crippen LogP contribution in [0.1, 0.15) is 61.5 Å². The van der Waals surface area contributed by atoms with Gasteiger partial charge in [0.1, 0.15) is 28.8 Å². The summed E-state index contributed by atoms with van der Waals surface area (Å²) in [7, 11) is 0. The second-order valence-electron chi connectivity index (χ2n) is 11.6. The van der Waals surface area contributed by atoms with Gasteiger partial charge in [-0.25, -0.2) is 4.79 Å². The number of hydrogen-bond donors (Lipinski definition) is 5. The van der Waals surface area contributed by atoms with Gasteiger partial charge in [-0.05, 0) is 94.5 Å². The van der Waals surface area contributed by atoms with E-state index in [0.717, 1.165) is 19.3 Å². The summed E-state index contributed by atoms with van der Waals surface area (Å²) in [5.41, 5.74) is 12.0. The Morgan fingerprint density at radius 2 is 1.34 bits per heavy atom. The van der Waals surface area contributed by atoms with Gasteiger partial charge < -0.3 is 35.9 Å². The standard InChI is InChI=1S/C32H39N7O5/c1-32(2,3)44-31(41)37-15-12-20-13-16-39(17-14-20)30(40)23-18-26(42-24-8-4-21(5-9-24)28(33)34)38-27(19-23)43-25-10-6-22(7-11-25)29(35)36/h4-11,18-20H,12-17H2,1-3H3,(H3,33,34)(H3,35,36)(H,37,41). The number of carbonyl (C=O) groups excluding carboxylic acids is 2. The third-order valence-corrected chi connectivity index (χ3v) is 6.92. The molecule has 1 fully saturated rings. The monoisotopic (exact) mass is 601 g/mol. The number of amides is 2. The molecule has 1 aliphatic rings. The lowest BCUT2D eigenvalue weighted by atomic mass is 9.93. The highest BCUT2D eigenvalue weighted by Crippen LogP contribution is 2.29. The summed E-state index contributed by atoms with van der Waals surface area (Å²) in [4.78, 5) is 31.8. The molecule has 7 N–H and O–H groups in total. The number of likely N-dealkylation sites (tertiary alicyclic amines) is 1. The maximum atomic E-state index is 13.6. The minimum absolute atomic E-state index is 0.0585. The van der Waals surface area contributed by atoms with Gasteiger partial charge in [0, 0.05) is 42.9 Å². The molecule has 4 rings (SSSR count). The zero-order valence-corrected chi connectivity index (χ0v) is 25.2. The highest BCUT2D eigenvalue weighted by atomic mass is 16.6. The number of piperidine rings is 1. The first-order valence-electron chi connectivity index (χ1n) is 14.4. The molecule has 232 valence electrons. The number of nitrogen functional groups attached to an aromatic ring is 2. The summed E-state index contributed by atoms with van der Waals surface area (Å²) < 4.78 is 17.2. The first-order chi connectivity index (χ1) is 20.9. The predicted molar refractivity (Wildman–Crippen MR) is 167 cm³/mol. The van der Waals surface area contributed by atoms with Crippen molar-refractivity contribution in [1.29, 1.82) is 10.8 Å². The summed E-state index contributed by atoms with van der Waals surface area (Å²) in [5.74, 6) is 1.30. The Bertz CT molecular complexity index is 1420. The van der Waals surface area contributed by atoms with Gasteiger partial charge in [0.05, 0.1) is 5.56 Å². The van der Waals surface area contributed by atoms with E-state index in [1.165, 1.54) is 0 Å². The van der Waals surface area contributed by atoms with Crippen molar-refractivity contribution >= 4 is 23.7 Å². The fourth-order valence-corrected chi connectivity index (χ4v) is 4.66. The number of alkyl carbamates (subject to hydrolysis) is 1. The molecule has 0 radical (unpaired) electrons. The van der Waals surface area contributed by atoms with Crippen molar-refractivity contribution < 1.29 is 23.8 Å². The number of hydrogen-bond acceptors (Lipinski definition) is 8. The number of ether oxygens (including phenoxy) is 3. The zero-order chi connectivity index (χ0) is 31.9. The summed E-state index contributed by atoms with van der Waals surface area (Å²) in [5, 5.41) is 18.0. The molecular formula is C32H39N7O5. The lowest BCUT2D eigenvalue weighted by Gasteiger charge is -2.32. The van der Waals surface area contributed by atoms with Crippen molar-refractivity contribution in [3.05, 3.63) is 77.4 Å². The van der Waals surface area contributed by atoms with Crippen LogP contribution >= 0.6 is 0 Å². The number of amidine groups is 2. The number of carbonyl (C=O) groups is 2. The van der Waals surface area contributed by atoms with Crippen LogP contribution in [-0.2, 0) is 4.74 Å². The van der Waals surface area contributed by atoms with Gasteiger partial charge >= 0.3 is 6.09 Å². The van der Waals surface area contributed by atoms with Crippen molar-refractivity contribution in [3.8, 4) is 23.3 Å². The van der Waals surface area contributed by atoms with Crippen molar-refractivity contribution in [2.75, 3.05) is 19.6 Å². The first-order valence-corrected chi connectivity index (χ1v) is 14.4. The summed E-state index contributed by atoms with van der Waals surface area (Å²) in [6.45, 7) is 7.14. The molecule has 1 aliphatic heterocycles. The average molecular weight is 602 g/mol. The van der Waals surface area contributed by atoms with E-state index >= 15 is 0 Å². The molecule has 0 aliphatic carbocycles. The molecule has 12 nitrogen and oxygen atoms in total. The van der Waals surface area contributed by atoms with Crippen LogP contribution < -0.4 is 26.3 Å². The van der Waals surface area contributed by atoms with Gasteiger partial charge in [0.2, 0.25) is 11.8 Å². The van der Waals surface area contributed by atoms with E-state index in [1.54, 1.807) is 65.6 Å². The third-order valence-electron chi connectivity index (χ3n) is 6.92. The number of nitrogens with zero attached hydrogens (tertiary/aromatic N) is 2. The van der Waals surface area contributed by atoms with Gasteiger partial charge in [-0.3, -0.25) is 15.6 Å². The molecule has 0 atom stereocenters. The number of rotatable bonds is 10. The van der Waals surface area contributed by atoms with E-state index in [-0.39, 0.29) is 29.3 Å². The minimum Gasteiger partial charge on any atom is -0.444 e. The molecule has 2 amide bonds. The molecule has 0 saturated carbocycles. The number of benzene rings is 2. The molecule has 3 aromatic rings. The topological polar surface area (TPSA) is 190 Å². The lowest BCUT2D eigenvalue weighted by Crippen LogP contribution is -2.39. The van der Waals surface area contributed by atoms with Crippen LogP contribution in [0.4, 0.5) is 4.79 Å². The Balaban J connectivity index is 1.45. The maximum absolute atomic E-state index is 13.6. The Kier molecular flexibility index (Phi) is 10.0. The molecule has 1 aromatic heterocycles. The minimum atomic E-state index is -0.543. The molecule has 0 bridgehead atoms. The Labute approximate surface area is 256 Å². The number of nitrogens with one attached hydrogen (secondary N) is 3. The van der Waals surface area contributed by atoms with Crippen LogP contribution in [0.5, 0.6) is 23.3 Å². The normalized spacial score (nSPS) is 13.6. The lowest BCUT2D eigenvalue weighted by molar-refractivity contribution is 0.0522. The predicted octanol–water partition coefficient (Wildman–Crippen LogP) is 5.00. The Hall–Kier alpha value is -5.13. The summed E-state index contributed by atoms with van der Waals surface area (Å²) in [6, 6.07) is 16.4. The molecule has 0 spiro atoms. The van der Waals surface area contributed by atoms with E-state index < -0.39 is 11.7 Å². The Morgan fingerprint density at radius 3 is 1.77 bits per heavy atom. The van der Waals surface area contributed by atoms with Crippen LogP contribution in [0.15, 0.2) is 60.7 Å². The molecule has 1 saturated heterocycles. The largest absolute Gasteiger partial charge is 0.444 e. The highest BCUT2D eigenvalue weighted by Gasteiger charge is 2.25. The molecule has 2 heterocycles. The van der Waals surface area contributed by atoms with Crippen molar-refractivity contribution in [2.45, 2.75) is 45.6 Å². The van der Waals surface area contributed by atoms with Crippen molar-refractivity contribution in [1.82, 2.24) is 15.2 Å². The van der Waals surface area contributed by atoms with Gasteiger partial charge in [0.25, 0.3) is 5.91 Å². The van der Waals surface area contributed by atoms with Crippen LogP contribution in [-0.4, -0.2) is 58.8 Å². The van der Waals surface area contributed by atoms with E-state index in [0.29, 0.717) is 53.7 Å². The molecule has 44 heavy (non-hydrogen) atoms. The van der Waals surface area contributed by atoms with Crippen LogP contribution in [0.2, 0.25) is 0 Å². The average Bonchev–Trinajstić information content (AvgIpc) is 2.96. The second-order valence-corrected chi connectivity index (χ2v) is 11.6. The molecule has 12 heteroatoms. The second kappa shape index (κ2) is 13.9. The van der Waals surface area contributed by atoms with E-state index in [9.17, 15) is 9.59 Å². The van der Waals surface area contributed by atoms with Gasteiger partial charge in [-0.15, -0.1) is 0 Å². The summed E-state index contributed by atoms with van der Waals surface area (Å²) >= 11 is 0. The fraction of sp³-hybridized carbons (Fsp3) is 0.344. The quantitative estimate of drug-likeness (QED) is 0.158. The van der Waals surface area contributed by atoms with E-state index in [4.69, 9.17) is 36.5 Å². The van der Waals surface area contributed by atoms with Gasteiger partial charge in [-0.1, -0.05) is 0 Å².